The number of oxazole rings is 1. The third kappa shape index (κ3) is 5.03. The van der Waals surface area contributed by atoms with Gasteiger partial charge in [0.15, 0.2) is 21.5 Å². The third-order valence-electron chi connectivity index (χ3n) is 4.44. The minimum Gasteiger partial charge on any atom is -0.506 e. The molecule has 0 aliphatic heterocycles. The number of aromatic nitrogens is 1. The van der Waals surface area contributed by atoms with Crippen molar-refractivity contribution in [1.82, 2.24) is 4.98 Å². The molecule has 0 saturated heterocycles. The van der Waals surface area contributed by atoms with Gasteiger partial charge in [-0.15, -0.1) is 0 Å². The van der Waals surface area contributed by atoms with Gasteiger partial charge in [0, 0.05) is 18.4 Å². The van der Waals surface area contributed by atoms with Crippen molar-refractivity contribution in [2.75, 3.05) is 11.1 Å². The van der Waals surface area contributed by atoms with Crippen LogP contribution in [0.4, 0.5) is 5.69 Å². The molecule has 0 unspecified atom stereocenters. The lowest BCUT2D eigenvalue weighted by Gasteiger charge is -2.09. The van der Waals surface area contributed by atoms with E-state index in [9.17, 15) is 18.3 Å². The Balaban J connectivity index is 1.64. The van der Waals surface area contributed by atoms with Crippen molar-refractivity contribution in [2.45, 2.75) is 31.6 Å². The van der Waals surface area contributed by atoms with Gasteiger partial charge in [-0.1, -0.05) is 36.8 Å². The summed E-state index contributed by atoms with van der Waals surface area (Å²) in [5, 5.41) is 12.5. The van der Waals surface area contributed by atoms with Crippen molar-refractivity contribution in [2.24, 2.45) is 0 Å². The van der Waals surface area contributed by atoms with Gasteiger partial charge < -0.3 is 14.8 Å². The second-order valence-electron chi connectivity index (χ2n) is 6.61. The molecular weight excluding hydrogens is 392 g/mol. The first-order valence-corrected chi connectivity index (χ1v) is 10.8. The van der Waals surface area contributed by atoms with Gasteiger partial charge >= 0.3 is 0 Å². The summed E-state index contributed by atoms with van der Waals surface area (Å²) < 4.78 is 29.7. The third-order valence-corrected chi connectivity index (χ3v) is 6.17. The van der Waals surface area contributed by atoms with E-state index in [1.165, 1.54) is 25.1 Å². The number of carbonyl (C=O) groups is 1. The first-order valence-electron chi connectivity index (χ1n) is 9.16. The highest BCUT2D eigenvalue weighted by molar-refractivity contribution is 7.91. The number of anilines is 1. The number of sulfone groups is 1. The SMILES string of the molecule is CCS(=O)(=O)c1ccc(O)c(NC(=O)CCc2ncc(-c3ccc(C)cc3)o2)c1. The Hall–Kier alpha value is -3.13. The summed E-state index contributed by atoms with van der Waals surface area (Å²) in [6.45, 7) is 3.53. The van der Waals surface area contributed by atoms with Crippen LogP contribution in [0.15, 0.2) is 58.0 Å². The van der Waals surface area contributed by atoms with E-state index >= 15 is 0 Å². The lowest BCUT2D eigenvalue weighted by molar-refractivity contribution is -0.116. The van der Waals surface area contributed by atoms with Gasteiger partial charge in [-0.2, -0.15) is 0 Å². The summed E-state index contributed by atoms with van der Waals surface area (Å²) in [7, 11) is -3.44. The molecule has 7 nitrogen and oxygen atoms in total. The fourth-order valence-electron chi connectivity index (χ4n) is 2.69. The normalized spacial score (nSPS) is 11.4. The van der Waals surface area contributed by atoms with Crippen LogP contribution in [0.25, 0.3) is 11.3 Å². The first kappa shape index (κ1) is 20.6. The number of phenols is 1. The lowest BCUT2D eigenvalue weighted by atomic mass is 10.1. The summed E-state index contributed by atoms with van der Waals surface area (Å²) in [5.41, 5.74) is 2.10. The molecule has 2 aromatic carbocycles. The van der Waals surface area contributed by atoms with Gasteiger partial charge in [-0.05, 0) is 25.1 Å². The smallest absolute Gasteiger partial charge is 0.224 e. The number of aromatic hydroxyl groups is 1. The summed E-state index contributed by atoms with van der Waals surface area (Å²) >= 11 is 0. The molecule has 0 radical (unpaired) electrons. The molecule has 152 valence electrons. The Morgan fingerprint density at radius 3 is 2.59 bits per heavy atom. The zero-order chi connectivity index (χ0) is 21.0. The molecule has 0 bridgehead atoms. The summed E-state index contributed by atoms with van der Waals surface area (Å²) in [6.07, 6.45) is 1.95. The van der Waals surface area contributed by atoms with E-state index in [1.807, 2.05) is 31.2 Å². The molecule has 3 aromatic rings. The maximum absolute atomic E-state index is 12.2. The Labute approximate surface area is 169 Å². The highest BCUT2D eigenvalue weighted by Crippen LogP contribution is 2.27. The van der Waals surface area contributed by atoms with Crippen molar-refractivity contribution < 1.29 is 22.7 Å². The molecule has 0 aliphatic rings. The van der Waals surface area contributed by atoms with Crippen molar-refractivity contribution in [3.63, 3.8) is 0 Å². The minimum absolute atomic E-state index is 0.0449. The monoisotopic (exact) mass is 414 g/mol. The summed E-state index contributed by atoms with van der Waals surface area (Å²) in [6, 6.07) is 11.6. The van der Waals surface area contributed by atoms with E-state index in [2.05, 4.69) is 10.3 Å². The number of nitrogens with one attached hydrogen (secondary N) is 1. The Morgan fingerprint density at radius 1 is 1.17 bits per heavy atom. The van der Waals surface area contributed by atoms with Gasteiger partial charge in [0.05, 0.1) is 22.5 Å². The van der Waals surface area contributed by atoms with Crippen LogP contribution < -0.4 is 5.32 Å². The number of hydrogen-bond acceptors (Lipinski definition) is 6. The van der Waals surface area contributed by atoms with Crippen LogP contribution in [0.3, 0.4) is 0 Å². The highest BCUT2D eigenvalue weighted by atomic mass is 32.2. The number of aryl methyl sites for hydroxylation is 2. The second-order valence-corrected chi connectivity index (χ2v) is 8.89. The van der Waals surface area contributed by atoms with Gasteiger partial charge in [-0.25, -0.2) is 13.4 Å². The van der Waals surface area contributed by atoms with E-state index in [0.717, 1.165) is 11.1 Å². The van der Waals surface area contributed by atoms with Crippen LogP contribution in [-0.2, 0) is 21.1 Å². The molecule has 0 fully saturated rings. The number of hydrogen-bond donors (Lipinski definition) is 2. The van der Waals surface area contributed by atoms with E-state index in [4.69, 9.17) is 4.42 Å². The predicted octanol–water partition coefficient (Wildman–Crippen LogP) is 3.72. The largest absolute Gasteiger partial charge is 0.506 e. The molecule has 29 heavy (non-hydrogen) atoms. The molecule has 2 N–H and O–H groups in total. The fraction of sp³-hybridized carbons (Fsp3) is 0.238. The number of rotatable bonds is 7. The van der Waals surface area contributed by atoms with Gasteiger partial charge in [0.25, 0.3) is 0 Å². The van der Waals surface area contributed by atoms with E-state index < -0.39 is 9.84 Å². The van der Waals surface area contributed by atoms with Crippen molar-refractivity contribution in [3.05, 3.63) is 60.1 Å². The Morgan fingerprint density at radius 2 is 1.90 bits per heavy atom. The molecule has 0 aliphatic carbocycles. The Bertz CT molecular complexity index is 1120. The number of nitrogens with zero attached hydrogens (tertiary/aromatic N) is 1. The lowest BCUT2D eigenvalue weighted by Crippen LogP contribution is -2.13. The minimum atomic E-state index is -3.44. The molecule has 1 heterocycles. The number of benzene rings is 2. The van der Waals surface area contributed by atoms with Crippen LogP contribution in [0, 0.1) is 6.92 Å². The number of phenolic OH excluding ortho intramolecular Hbond substituents is 1. The van der Waals surface area contributed by atoms with Crippen molar-refractivity contribution in [3.8, 4) is 17.1 Å². The topological polar surface area (TPSA) is 110 Å². The number of amides is 1. The maximum Gasteiger partial charge on any atom is 0.224 e. The van der Waals surface area contributed by atoms with Gasteiger partial charge in [0.1, 0.15) is 5.75 Å². The quantitative estimate of drug-likeness (QED) is 0.570. The molecular formula is C21H22N2O5S. The molecule has 0 saturated carbocycles. The average Bonchev–Trinajstić information content (AvgIpc) is 3.17. The van der Waals surface area contributed by atoms with Crippen molar-refractivity contribution in [1.29, 1.82) is 0 Å². The average molecular weight is 414 g/mol. The van der Waals surface area contributed by atoms with E-state index in [1.54, 1.807) is 6.20 Å². The predicted molar refractivity (Wildman–Crippen MR) is 109 cm³/mol. The maximum atomic E-state index is 12.2. The summed E-state index contributed by atoms with van der Waals surface area (Å²) in [4.78, 5) is 16.5. The highest BCUT2D eigenvalue weighted by Gasteiger charge is 2.16. The second kappa shape index (κ2) is 8.48. The molecule has 1 amide bonds. The van der Waals surface area contributed by atoms with Crippen LogP contribution >= 0.6 is 0 Å². The molecule has 0 atom stereocenters. The van der Waals surface area contributed by atoms with Crippen molar-refractivity contribution >= 4 is 21.4 Å². The van der Waals surface area contributed by atoms with Gasteiger partial charge in [-0.3, -0.25) is 4.79 Å². The van der Waals surface area contributed by atoms with E-state index in [-0.39, 0.29) is 40.8 Å². The fourth-order valence-corrected chi connectivity index (χ4v) is 3.59. The first-order chi connectivity index (χ1) is 13.8. The molecule has 3 rings (SSSR count). The zero-order valence-corrected chi connectivity index (χ0v) is 17.0. The van der Waals surface area contributed by atoms with Crippen LogP contribution in [0.1, 0.15) is 24.8 Å². The van der Waals surface area contributed by atoms with Crippen LogP contribution in [-0.4, -0.2) is 30.2 Å². The molecule has 8 heteroatoms. The standard InChI is InChI=1S/C21H22N2O5S/c1-3-29(26,27)16-8-9-18(24)17(12-16)23-20(25)10-11-21-22-13-19(28-21)15-6-4-14(2)5-7-15/h4-9,12-13,24H,3,10-11H2,1-2H3,(H,23,25). The zero-order valence-electron chi connectivity index (χ0n) is 16.2. The van der Waals surface area contributed by atoms with Crippen LogP contribution in [0.2, 0.25) is 0 Å². The van der Waals surface area contributed by atoms with Crippen LogP contribution in [0.5, 0.6) is 5.75 Å². The molecule has 1 aromatic heterocycles. The van der Waals surface area contributed by atoms with E-state index in [0.29, 0.717) is 11.7 Å². The summed E-state index contributed by atoms with van der Waals surface area (Å²) in [5.74, 6) is 0.379. The number of carbonyl (C=O) groups excluding carboxylic acids is 1. The Kier molecular flexibility index (Phi) is 6.03. The molecule has 0 spiro atoms. The van der Waals surface area contributed by atoms with Gasteiger partial charge in [0.2, 0.25) is 5.91 Å².